The third-order valence-electron chi connectivity index (χ3n) is 2.51. The van der Waals surface area contributed by atoms with Crippen molar-refractivity contribution in [1.29, 1.82) is 0 Å². The van der Waals surface area contributed by atoms with Gasteiger partial charge in [0.25, 0.3) is 0 Å². The lowest BCUT2D eigenvalue weighted by molar-refractivity contribution is -0.122. The minimum absolute atomic E-state index is 0.0949. The molecular formula is C13H20N2O. The highest BCUT2D eigenvalue weighted by Gasteiger charge is 2.23. The highest BCUT2D eigenvalue weighted by atomic mass is 16.1. The predicted octanol–water partition coefficient (Wildman–Crippen LogP) is 2.62. The van der Waals surface area contributed by atoms with Gasteiger partial charge >= 0.3 is 0 Å². The first kappa shape index (κ1) is 12.7. The molecule has 1 aromatic rings. The van der Waals surface area contributed by atoms with Gasteiger partial charge in [-0.15, -0.1) is 0 Å². The van der Waals surface area contributed by atoms with Gasteiger partial charge in [0.1, 0.15) is 0 Å². The third-order valence-corrected chi connectivity index (χ3v) is 2.51. The van der Waals surface area contributed by atoms with Gasteiger partial charge in [-0.2, -0.15) is 0 Å². The number of nitrogens with zero attached hydrogens (tertiary/aromatic N) is 1. The molecule has 0 saturated heterocycles. The van der Waals surface area contributed by atoms with E-state index in [0.29, 0.717) is 6.42 Å². The van der Waals surface area contributed by atoms with Gasteiger partial charge in [0, 0.05) is 12.6 Å². The van der Waals surface area contributed by atoms with Crippen LogP contribution in [0.3, 0.4) is 0 Å². The minimum atomic E-state index is -0.397. The molecule has 0 aliphatic heterocycles. The summed E-state index contributed by atoms with van der Waals surface area (Å²) in [6, 6.07) is 5.74. The minimum Gasteiger partial charge on any atom is -0.346 e. The second-order valence-corrected chi connectivity index (χ2v) is 4.49. The van der Waals surface area contributed by atoms with Gasteiger partial charge in [-0.05, 0) is 32.4 Å². The number of hydrogen-bond acceptors (Lipinski definition) is 2. The Morgan fingerprint density at radius 1 is 1.44 bits per heavy atom. The molecule has 0 aromatic carbocycles. The maximum Gasteiger partial charge on any atom is 0.220 e. The molecule has 1 N–H and O–H groups in total. The van der Waals surface area contributed by atoms with E-state index in [9.17, 15) is 4.79 Å². The SMILES string of the molecule is CCCCC(=O)NC(C)(C)c1ccccn1. The summed E-state index contributed by atoms with van der Waals surface area (Å²) in [5, 5.41) is 3.01. The summed E-state index contributed by atoms with van der Waals surface area (Å²) in [6.07, 6.45) is 4.31. The largest absolute Gasteiger partial charge is 0.346 e. The van der Waals surface area contributed by atoms with Gasteiger partial charge in [-0.1, -0.05) is 19.4 Å². The van der Waals surface area contributed by atoms with E-state index in [4.69, 9.17) is 0 Å². The van der Waals surface area contributed by atoms with E-state index in [0.717, 1.165) is 18.5 Å². The summed E-state index contributed by atoms with van der Waals surface area (Å²) in [6.45, 7) is 6.02. The van der Waals surface area contributed by atoms with E-state index >= 15 is 0 Å². The smallest absolute Gasteiger partial charge is 0.220 e. The van der Waals surface area contributed by atoms with Crippen molar-refractivity contribution in [2.45, 2.75) is 45.6 Å². The van der Waals surface area contributed by atoms with Crippen molar-refractivity contribution in [1.82, 2.24) is 10.3 Å². The fourth-order valence-corrected chi connectivity index (χ4v) is 1.54. The van der Waals surface area contributed by atoms with E-state index in [2.05, 4.69) is 17.2 Å². The van der Waals surface area contributed by atoms with Gasteiger partial charge in [-0.3, -0.25) is 9.78 Å². The molecule has 88 valence electrons. The van der Waals surface area contributed by atoms with Crippen LogP contribution in [-0.4, -0.2) is 10.9 Å². The van der Waals surface area contributed by atoms with Crippen LogP contribution in [0.1, 0.15) is 45.7 Å². The van der Waals surface area contributed by atoms with Crippen molar-refractivity contribution in [3.8, 4) is 0 Å². The average Bonchev–Trinajstić information content (AvgIpc) is 2.27. The maximum atomic E-state index is 11.7. The molecule has 1 aromatic heterocycles. The molecular weight excluding hydrogens is 200 g/mol. The van der Waals surface area contributed by atoms with Gasteiger partial charge < -0.3 is 5.32 Å². The monoisotopic (exact) mass is 220 g/mol. The number of rotatable bonds is 5. The lowest BCUT2D eigenvalue weighted by Crippen LogP contribution is -2.41. The average molecular weight is 220 g/mol. The Labute approximate surface area is 97.3 Å². The molecule has 0 radical (unpaired) electrons. The molecule has 16 heavy (non-hydrogen) atoms. The number of pyridine rings is 1. The molecule has 0 spiro atoms. The summed E-state index contributed by atoms with van der Waals surface area (Å²) < 4.78 is 0. The molecule has 3 heteroatoms. The van der Waals surface area contributed by atoms with Crippen LogP contribution in [0.15, 0.2) is 24.4 Å². The fourth-order valence-electron chi connectivity index (χ4n) is 1.54. The maximum absolute atomic E-state index is 11.7. The quantitative estimate of drug-likeness (QED) is 0.828. The van der Waals surface area contributed by atoms with Crippen molar-refractivity contribution < 1.29 is 4.79 Å². The summed E-state index contributed by atoms with van der Waals surface area (Å²) in [7, 11) is 0. The van der Waals surface area contributed by atoms with Crippen LogP contribution in [0.5, 0.6) is 0 Å². The van der Waals surface area contributed by atoms with Gasteiger partial charge in [0.05, 0.1) is 11.2 Å². The Morgan fingerprint density at radius 2 is 2.19 bits per heavy atom. The molecule has 0 bridgehead atoms. The fraction of sp³-hybridized carbons (Fsp3) is 0.538. The first-order valence-electron chi connectivity index (χ1n) is 5.79. The standard InChI is InChI=1S/C13H20N2O/c1-4-5-9-12(16)15-13(2,3)11-8-6-7-10-14-11/h6-8,10H,4-5,9H2,1-3H3,(H,15,16). The van der Waals surface area contributed by atoms with Crippen LogP contribution in [0.25, 0.3) is 0 Å². The van der Waals surface area contributed by atoms with Gasteiger partial charge in [0.2, 0.25) is 5.91 Å². The number of carbonyl (C=O) groups is 1. The van der Waals surface area contributed by atoms with Crippen molar-refractivity contribution in [2.24, 2.45) is 0 Å². The Kier molecular flexibility index (Phi) is 4.47. The summed E-state index contributed by atoms with van der Waals surface area (Å²) in [5.74, 6) is 0.0949. The zero-order chi connectivity index (χ0) is 12.0. The second kappa shape index (κ2) is 5.64. The zero-order valence-electron chi connectivity index (χ0n) is 10.3. The number of hydrogen-bond donors (Lipinski definition) is 1. The molecule has 3 nitrogen and oxygen atoms in total. The van der Waals surface area contributed by atoms with Crippen LogP contribution in [0.4, 0.5) is 0 Å². The summed E-state index contributed by atoms with van der Waals surface area (Å²) >= 11 is 0. The number of nitrogens with one attached hydrogen (secondary N) is 1. The lowest BCUT2D eigenvalue weighted by Gasteiger charge is -2.25. The molecule has 1 heterocycles. The van der Waals surface area contributed by atoms with Crippen molar-refractivity contribution in [2.75, 3.05) is 0 Å². The normalized spacial score (nSPS) is 11.2. The van der Waals surface area contributed by atoms with Crippen LogP contribution >= 0.6 is 0 Å². The second-order valence-electron chi connectivity index (χ2n) is 4.49. The molecule has 0 aliphatic carbocycles. The first-order valence-corrected chi connectivity index (χ1v) is 5.79. The zero-order valence-corrected chi connectivity index (χ0v) is 10.3. The number of aromatic nitrogens is 1. The molecule has 0 saturated carbocycles. The Balaban J connectivity index is 2.61. The van der Waals surface area contributed by atoms with E-state index in [1.807, 2.05) is 32.0 Å². The van der Waals surface area contributed by atoms with Crippen molar-refractivity contribution in [3.63, 3.8) is 0 Å². The summed E-state index contributed by atoms with van der Waals surface area (Å²) in [5.41, 5.74) is 0.492. The number of unbranched alkanes of at least 4 members (excludes halogenated alkanes) is 1. The van der Waals surface area contributed by atoms with Crippen LogP contribution < -0.4 is 5.32 Å². The molecule has 0 fully saturated rings. The van der Waals surface area contributed by atoms with Crippen LogP contribution in [-0.2, 0) is 10.3 Å². The van der Waals surface area contributed by atoms with E-state index < -0.39 is 5.54 Å². The highest BCUT2D eigenvalue weighted by molar-refractivity contribution is 5.76. The van der Waals surface area contributed by atoms with E-state index in [1.54, 1.807) is 6.20 Å². The highest BCUT2D eigenvalue weighted by Crippen LogP contribution is 2.17. The van der Waals surface area contributed by atoms with Gasteiger partial charge in [0.15, 0.2) is 0 Å². The lowest BCUT2D eigenvalue weighted by atomic mass is 9.99. The van der Waals surface area contributed by atoms with Crippen LogP contribution in [0, 0.1) is 0 Å². The molecule has 1 amide bonds. The van der Waals surface area contributed by atoms with Crippen LogP contribution in [0.2, 0.25) is 0 Å². The molecule has 0 atom stereocenters. The Bertz CT molecular complexity index is 333. The van der Waals surface area contributed by atoms with Crippen molar-refractivity contribution >= 4 is 5.91 Å². The third kappa shape index (κ3) is 3.65. The predicted molar refractivity (Wildman–Crippen MR) is 64.9 cm³/mol. The van der Waals surface area contributed by atoms with Crippen molar-refractivity contribution in [3.05, 3.63) is 30.1 Å². The topological polar surface area (TPSA) is 42.0 Å². The Hall–Kier alpha value is -1.38. The molecule has 0 unspecified atom stereocenters. The summed E-state index contributed by atoms with van der Waals surface area (Å²) in [4.78, 5) is 15.9. The number of amides is 1. The first-order chi connectivity index (χ1) is 7.56. The van der Waals surface area contributed by atoms with E-state index in [1.165, 1.54) is 0 Å². The van der Waals surface area contributed by atoms with E-state index in [-0.39, 0.29) is 5.91 Å². The Morgan fingerprint density at radius 3 is 2.75 bits per heavy atom. The molecule has 0 aliphatic rings. The number of carbonyl (C=O) groups excluding carboxylic acids is 1. The van der Waals surface area contributed by atoms with Gasteiger partial charge in [-0.25, -0.2) is 0 Å². The molecule has 1 rings (SSSR count).